The first-order chi connectivity index (χ1) is 9.19. The predicted octanol–water partition coefficient (Wildman–Crippen LogP) is 3.21. The van der Waals surface area contributed by atoms with Gasteiger partial charge < -0.3 is 11.1 Å². The van der Waals surface area contributed by atoms with Crippen LogP contribution in [-0.2, 0) is 4.79 Å². The number of thioether (sulfide) groups is 1. The second-order valence-corrected chi connectivity index (χ2v) is 6.88. The fourth-order valence-corrected chi connectivity index (χ4v) is 3.06. The highest BCUT2D eigenvalue weighted by molar-refractivity contribution is 9.10. The standard InChI is InChI=1S/C14H19BrN2OS.ClH/c15-11-3-5-12(6-4-11)19-8-7-14(18)17-13(9-16)10-1-2-10;/h3-6,10,13H,1-2,7-9,16H2,(H,17,18);1H. The van der Waals surface area contributed by atoms with Gasteiger partial charge in [-0.25, -0.2) is 0 Å². The van der Waals surface area contributed by atoms with Crippen molar-refractivity contribution in [2.45, 2.75) is 30.2 Å². The number of amides is 1. The molecule has 1 saturated carbocycles. The fraction of sp³-hybridized carbons (Fsp3) is 0.500. The molecule has 0 bridgehead atoms. The van der Waals surface area contributed by atoms with Crippen LogP contribution in [0.5, 0.6) is 0 Å². The van der Waals surface area contributed by atoms with Crippen LogP contribution >= 0.6 is 40.1 Å². The summed E-state index contributed by atoms with van der Waals surface area (Å²) < 4.78 is 1.07. The molecule has 0 aromatic heterocycles. The number of hydrogen-bond acceptors (Lipinski definition) is 3. The summed E-state index contributed by atoms with van der Waals surface area (Å²) in [5.74, 6) is 1.54. The Kier molecular flexibility index (Phi) is 7.95. The second-order valence-electron chi connectivity index (χ2n) is 4.80. The Bertz CT molecular complexity index is 426. The van der Waals surface area contributed by atoms with Gasteiger partial charge in [0.2, 0.25) is 5.91 Å². The van der Waals surface area contributed by atoms with Gasteiger partial charge in [-0.1, -0.05) is 15.9 Å². The van der Waals surface area contributed by atoms with Gasteiger partial charge in [-0.2, -0.15) is 0 Å². The number of benzene rings is 1. The van der Waals surface area contributed by atoms with Crippen molar-refractivity contribution >= 4 is 46.0 Å². The van der Waals surface area contributed by atoms with Crippen LogP contribution in [0.3, 0.4) is 0 Å². The predicted molar refractivity (Wildman–Crippen MR) is 90.4 cm³/mol. The SMILES string of the molecule is Cl.NCC(NC(=O)CCSc1ccc(Br)cc1)C1CC1. The number of halogens is 2. The van der Waals surface area contributed by atoms with E-state index in [4.69, 9.17) is 5.73 Å². The van der Waals surface area contributed by atoms with Crippen molar-refractivity contribution < 1.29 is 4.79 Å². The monoisotopic (exact) mass is 378 g/mol. The summed E-state index contributed by atoms with van der Waals surface area (Å²) >= 11 is 5.11. The van der Waals surface area contributed by atoms with Gasteiger partial charge in [0.25, 0.3) is 0 Å². The Balaban J connectivity index is 0.00000200. The summed E-state index contributed by atoms with van der Waals surface area (Å²) in [6.45, 7) is 0.552. The lowest BCUT2D eigenvalue weighted by Gasteiger charge is -2.15. The summed E-state index contributed by atoms with van der Waals surface area (Å²) in [7, 11) is 0. The van der Waals surface area contributed by atoms with Crippen molar-refractivity contribution in [1.82, 2.24) is 5.32 Å². The molecule has 1 fully saturated rings. The summed E-state index contributed by atoms with van der Waals surface area (Å²) in [6, 6.07) is 8.32. The van der Waals surface area contributed by atoms with Crippen LogP contribution in [0.4, 0.5) is 0 Å². The zero-order valence-corrected chi connectivity index (χ0v) is 14.4. The maximum Gasteiger partial charge on any atom is 0.221 e. The molecule has 20 heavy (non-hydrogen) atoms. The van der Waals surface area contributed by atoms with Crippen LogP contribution in [-0.4, -0.2) is 24.2 Å². The van der Waals surface area contributed by atoms with Crippen molar-refractivity contribution in [1.29, 1.82) is 0 Å². The van der Waals surface area contributed by atoms with Crippen molar-refractivity contribution in [2.24, 2.45) is 11.7 Å². The molecule has 0 aliphatic heterocycles. The third-order valence-electron chi connectivity index (χ3n) is 3.20. The molecule has 3 N–H and O–H groups in total. The van der Waals surface area contributed by atoms with Crippen LogP contribution in [0.15, 0.2) is 33.6 Å². The average Bonchev–Trinajstić information content (AvgIpc) is 3.23. The number of nitrogens with one attached hydrogen (secondary N) is 1. The van der Waals surface area contributed by atoms with Crippen LogP contribution in [0.25, 0.3) is 0 Å². The fourth-order valence-electron chi connectivity index (χ4n) is 1.94. The summed E-state index contributed by atoms with van der Waals surface area (Å²) in [5, 5.41) is 3.04. The molecular weight excluding hydrogens is 360 g/mol. The molecule has 6 heteroatoms. The zero-order chi connectivity index (χ0) is 13.7. The maximum atomic E-state index is 11.8. The molecule has 1 aromatic rings. The largest absolute Gasteiger partial charge is 0.352 e. The number of nitrogens with two attached hydrogens (primary N) is 1. The Labute approximate surface area is 139 Å². The molecule has 0 saturated heterocycles. The highest BCUT2D eigenvalue weighted by Crippen LogP contribution is 2.32. The van der Waals surface area contributed by atoms with Gasteiger partial charge in [0.1, 0.15) is 0 Å². The smallest absolute Gasteiger partial charge is 0.221 e. The van der Waals surface area contributed by atoms with E-state index < -0.39 is 0 Å². The quantitative estimate of drug-likeness (QED) is 0.715. The minimum atomic E-state index is 0. The molecule has 1 amide bonds. The van der Waals surface area contributed by atoms with Gasteiger partial charge in [-0.15, -0.1) is 24.2 Å². The first kappa shape index (κ1) is 17.8. The Morgan fingerprint density at radius 1 is 1.40 bits per heavy atom. The molecule has 1 unspecified atom stereocenters. The first-order valence-corrected chi connectivity index (χ1v) is 8.34. The van der Waals surface area contributed by atoms with Crippen LogP contribution < -0.4 is 11.1 Å². The molecular formula is C14H20BrClN2OS. The van der Waals surface area contributed by atoms with E-state index in [9.17, 15) is 4.79 Å². The Morgan fingerprint density at radius 3 is 2.60 bits per heavy atom. The van der Waals surface area contributed by atoms with Gasteiger partial charge in [0.15, 0.2) is 0 Å². The minimum Gasteiger partial charge on any atom is -0.352 e. The van der Waals surface area contributed by atoms with Gasteiger partial charge in [0.05, 0.1) is 0 Å². The molecule has 1 aliphatic carbocycles. The van der Waals surface area contributed by atoms with E-state index in [2.05, 4.69) is 33.4 Å². The normalized spacial score (nSPS) is 15.3. The van der Waals surface area contributed by atoms with E-state index in [0.717, 1.165) is 10.2 Å². The number of rotatable bonds is 7. The molecule has 112 valence electrons. The number of hydrogen-bond donors (Lipinski definition) is 2. The highest BCUT2D eigenvalue weighted by Gasteiger charge is 2.30. The molecule has 1 aromatic carbocycles. The third kappa shape index (κ3) is 6.04. The zero-order valence-electron chi connectivity index (χ0n) is 11.2. The first-order valence-electron chi connectivity index (χ1n) is 6.57. The summed E-state index contributed by atoms with van der Waals surface area (Å²) in [4.78, 5) is 13.0. The van der Waals surface area contributed by atoms with Crippen LogP contribution in [0, 0.1) is 5.92 Å². The Hall–Kier alpha value is -0.230. The van der Waals surface area contributed by atoms with Crippen molar-refractivity contribution in [3.8, 4) is 0 Å². The lowest BCUT2D eigenvalue weighted by Crippen LogP contribution is -2.41. The van der Waals surface area contributed by atoms with E-state index in [1.54, 1.807) is 11.8 Å². The molecule has 1 aliphatic rings. The molecule has 2 rings (SSSR count). The molecule has 0 radical (unpaired) electrons. The number of carbonyl (C=O) groups is 1. The van der Waals surface area contributed by atoms with Crippen LogP contribution in [0.1, 0.15) is 19.3 Å². The van der Waals surface area contributed by atoms with Gasteiger partial charge in [-0.05, 0) is 43.0 Å². The average molecular weight is 380 g/mol. The topological polar surface area (TPSA) is 55.1 Å². The Morgan fingerprint density at radius 2 is 2.05 bits per heavy atom. The lowest BCUT2D eigenvalue weighted by molar-refractivity contribution is -0.121. The lowest BCUT2D eigenvalue weighted by atomic mass is 10.2. The molecule has 1 atom stereocenters. The van der Waals surface area contributed by atoms with Gasteiger partial charge in [0, 0.05) is 34.1 Å². The molecule has 0 heterocycles. The van der Waals surface area contributed by atoms with E-state index in [0.29, 0.717) is 18.9 Å². The second kappa shape index (κ2) is 8.93. The molecule has 3 nitrogen and oxygen atoms in total. The minimum absolute atomic E-state index is 0. The third-order valence-corrected chi connectivity index (χ3v) is 4.75. The summed E-state index contributed by atoms with van der Waals surface area (Å²) in [5.41, 5.74) is 5.67. The van der Waals surface area contributed by atoms with E-state index in [-0.39, 0.29) is 24.4 Å². The number of carbonyl (C=O) groups excluding carboxylic acids is 1. The van der Waals surface area contributed by atoms with Crippen molar-refractivity contribution in [3.05, 3.63) is 28.7 Å². The maximum absolute atomic E-state index is 11.8. The summed E-state index contributed by atoms with van der Waals surface area (Å²) in [6.07, 6.45) is 2.95. The van der Waals surface area contributed by atoms with E-state index in [1.165, 1.54) is 17.7 Å². The highest BCUT2D eigenvalue weighted by atomic mass is 79.9. The van der Waals surface area contributed by atoms with Crippen LogP contribution in [0.2, 0.25) is 0 Å². The molecule has 0 spiro atoms. The van der Waals surface area contributed by atoms with Gasteiger partial charge in [-0.3, -0.25) is 4.79 Å². The van der Waals surface area contributed by atoms with Crippen molar-refractivity contribution in [2.75, 3.05) is 12.3 Å². The van der Waals surface area contributed by atoms with Crippen molar-refractivity contribution in [3.63, 3.8) is 0 Å². The van der Waals surface area contributed by atoms with E-state index in [1.807, 2.05) is 12.1 Å². The van der Waals surface area contributed by atoms with Gasteiger partial charge >= 0.3 is 0 Å². The van der Waals surface area contributed by atoms with E-state index >= 15 is 0 Å².